The standard InChI is InChI=1S/C18H25NO3.C16H21NO3.2C4H8/c1-18(2,15-9-5-3-6-10-15)13-17(21)22-14-19-12-8-4-7-11-16(19)20;1-16(2,13-7-4-3-5-8-13)11-15(19)20-12-17-10-6-9-14(17)18;2*1-4(2)3/h3,5-6,9-10H,4,7-8,11-14H2,1-2H3;3-5,7-8H,6,9-12H2,1-2H3;2*1H2,2-3H3. The van der Waals surface area contributed by atoms with Gasteiger partial charge in [-0.15, -0.1) is 13.2 Å². The van der Waals surface area contributed by atoms with E-state index in [1.54, 1.807) is 9.80 Å². The number of hydrogen-bond donors (Lipinski definition) is 0. The molecule has 50 heavy (non-hydrogen) atoms. The molecule has 8 heteroatoms. The highest BCUT2D eigenvalue weighted by atomic mass is 16.5. The maximum absolute atomic E-state index is 12.1. The Labute approximate surface area is 301 Å². The average molecular weight is 691 g/mol. The van der Waals surface area contributed by atoms with Crippen molar-refractivity contribution in [1.82, 2.24) is 9.80 Å². The van der Waals surface area contributed by atoms with Gasteiger partial charge in [0.05, 0.1) is 12.8 Å². The molecule has 2 heterocycles. The summed E-state index contributed by atoms with van der Waals surface area (Å²) < 4.78 is 10.6. The van der Waals surface area contributed by atoms with E-state index < -0.39 is 0 Å². The van der Waals surface area contributed by atoms with Gasteiger partial charge >= 0.3 is 11.9 Å². The third-order valence-electron chi connectivity index (χ3n) is 7.89. The summed E-state index contributed by atoms with van der Waals surface area (Å²) in [6, 6.07) is 19.8. The minimum Gasteiger partial charge on any atom is -0.444 e. The smallest absolute Gasteiger partial charge is 0.308 e. The number of nitrogens with zero attached hydrogens (tertiary/aromatic N) is 2. The normalized spacial score (nSPS) is 14.4. The lowest BCUT2D eigenvalue weighted by molar-refractivity contribution is -0.154. The van der Waals surface area contributed by atoms with Gasteiger partial charge in [-0.1, -0.05) is 106 Å². The first kappa shape index (κ1) is 43.8. The third kappa shape index (κ3) is 18.5. The largest absolute Gasteiger partial charge is 0.444 e. The fourth-order valence-corrected chi connectivity index (χ4v) is 5.12. The number of rotatable bonds is 10. The zero-order valence-electron chi connectivity index (χ0n) is 32.0. The highest BCUT2D eigenvalue weighted by Gasteiger charge is 2.28. The molecule has 276 valence electrons. The number of carbonyl (C=O) groups excluding carboxylic acids is 4. The van der Waals surface area contributed by atoms with Crippen LogP contribution in [0.4, 0.5) is 0 Å². The number of ether oxygens (including phenoxy) is 2. The molecule has 2 aliphatic rings. The Hall–Kier alpha value is -4.20. The third-order valence-corrected chi connectivity index (χ3v) is 7.89. The monoisotopic (exact) mass is 690 g/mol. The van der Waals surface area contributed by atoms with Crippen LogP contribution in [0.1, 0.15) is 118 Å². The second-order valence-electron chi connectivity index (χ2n) is 14.8. The van der Waals surface area contributed by atoms with E-state index in [4.69, 9.17) is 9.47 Å². The van der Waals surface area contributed by atoms with E-state index in [1.807, 2.05) is 116 Å². The van der Waals surface area contributed by atoms with Gasteiger partial charge in [0.25, 0.3) is 0 Å². The first-order valence-electron chi connectivity index (χ1n) is 17.7. The van der Waals surface area contributed by atoms with Gasteiger partial charge in [-0.2, -0.15) is 0 Å². The lowest BCUT2D eigenvalue weighted by atomic mass is 9.82. The van der Waals surface area contributed by atoms with Crippen molar-refractivity contribution in [3.8, 4) is 0 Å². The van der Waals surface area contributed by atoms with Crippen molar-refractivity contribution < 1.29 is 28.7 Å². The highest BCUT2D eigenvalue weighted by Crippen LogP contribution is 2.28. The molecule has 0 unspecified atom stereocenters. The van der Waals surface area contributed by atoms with Crippen molar-refractivity contribution in [3.05, 3.63) is 96.1 Å². The Morgan fingerprint density at radius 1 is 0.600 bits per heavy atom. The summed E-state index contributed by atoms with van der Waals surface area (Å²) in [5, 5.41) is 0. The summed E-state index contributed by atoms with van der Waals surface area (Å²) in [5.41, 5.74) is 4.00. The second kappa shape index (κ2) is 22.5. The Kier molecular flexibility index (Phi) is 19.7. The number of amides is 2. The zero-order chi connectivity index (χ0) is 37.7. The highest BCUT2D eigenvalue weighted by molar-refractivity contribution is 5.78. The van der Waals surface area contributed by atoms with Crippen LogP contribution < -0.4 is 0 Å². The van der Waals surface area contributed by atoms with Crippen LogP contribution in [0.5, 0.6) is 0 Å². The van der Waals surface area contributed by atoms with E-state index >= 15 is 0 Å². The predicted molar refractivity (Wildman–Crippen MR) is 202 cm³/mol. The number of likely N-dealkylation sites (tertiary alicyclic amines) is 2. The average Bonchev–Trinajstić information content (AvgIpc) is 3.34. The van der Waals surface area contributed by atoms with Gasteiger partial charge in [0.2, 0.25) is 11.8 Å². The van der Waals surface area contributed by atoms with Crippen molar-refractivity contribution in [2.24, 2.45) is 0 Å². The molecule has 0 bridgehead atoms. The van der Waals surface area contributed by atoms with Gasteiger partial charge in [-0.3, -0.25) is 19.2 Å². The van der Waals surface area contributed by atoms with Crippen LogP contribution in [0, 0.1) is 0 Å². The van der Waals surface area contributed by atoms with Crippen LogP contribution in [0.3, 0.4) is 0 Å². The van der Waals surface area contributed by atoms with Crippen molar-refractivity contribution in [2.45, 2.75) is 118 Å². The number of hydrogen-bond acceptors (Lipinski definition) is 6. The first-order chi connectivity index (χ1) is 23.4. The summed E-state index contributed by atoms with van der Waals surface area (Å²) in [6.07, 6.45) is 5.57. The fraction of sp³-hybridized carbons (Fsp3) is 0.524. The Bertz CT molecular complexity index is 1350. The van der Waals surface area contributed by atoms with E-state index in [-0.39, 0.29) is 48.0 Å². The topological polar surface area (TPSA) is 93.2 Å². The quantitative estimate of drug-likeness (QED) is 0.183. The maximum atomic E-state index is 12.1. The fourth-order valence-electron chi connectivity index (χ4n) is 5.12. The molecule has 2 aliphatic heterocycles. The lowest BCUT2D eigenvalue weighted by Gasteiger charge is -2.25. The minimum atomic E-state index is -0.277. The first-order valence-corrected chi connectivity index (χ1v) is 17.7. The molecule has 0 aromatic heterocycles. The Balaban J connectivity index is 0.000000413. The van der Waals surface area contributed by atoms with E-state index in [1.165, 1.54) is 11.1 Å². The number of benzene rings is 2. The molecular weight excluding hydrogens is 628 g/mol. The van der Waals surface area contributed by atoms with Crippen LogP contribution in [0.25, 0.3) is 0 Å². The van der Waals surface area contributed by atoms with Crippen molar-refractivity contribution in [3.63, 3.8) is 0 Å². The summed E-state index contributed by atoms with van der Waals surface area (Å²) in [4.78, 5) is 50.6. The van der Waals surface area contributed by atoms with E-state index in [0.717, 1.165) is 36.8 Å². The van der Waals surface area contributed by atoms with Gasteiger partial charge in [-0.25, -0.2) is 0 Å². The number of allylic oxidation sites excluding steroid dienone is 2. The van der Waals surface area contributed by atoms with Crippen LogP contribution in [-0.2, 0) is 39.5 Å². The second-order valence-corrected chi connectivity index (χ2v) is 14.8. The molecular formula is C42H62N2O6. The molecule has 8 nitrogen and oxygen atoms in total. The lowest BCUT2D eigenvalue weighted by Crippen LogP contribution is -2.34. The molecule has 0 atom stereocenters. The van der Waals surface area contributed by atoms with Crippen molar-refractivity contribution >= 4 is 23.8 Å². The van der Waals surface area contributed by atoms with Crippen LogP contribution in [0.15, 0.2) is 85.0 Å². The van der Waals surface area contributed by atoms with Gasteiger partial charge < -0.3 is 19.3 Å². The SMILES string of the molecule is C=C(C)C.C=C(C)C.CC(C)(CC(=O)OCN1CCCC1=O)c1ccccc1.CC(C)(CC(=O)OCN1CCCCCC1=O)c1ccccc1. The summed E-state index contributed by atoms with van der Waals surface area (Å²) in [5.74, 6) is -0.364. The molecule has 2 amide bonds. The van der Waals surface area contributed by atoms with E-state index in [9.17, 15) is 19.2 Å². The molecule has 2 aromatic rings. The molecule has 2 saturated heterocycles. The minimum absolute atomic E-state index is 0.0696. The van der Waals surface area contributed by atoms with E-state index in [0.29, 0.717) is 38.8 Å². The van der Waals surface area contributed by atoms with Crippen LogP contribution in [-0.4, -0.2) is 60.1 Å². The number of carbonyl (C=O) groups is 4. The van der Waals surface area contributed by atoms with Crippen LogP contribution in [0.2, 0.25) is 0 Å². The molecule has 4 rings (SSSR count). The molecule has 2 aromatic carbocycles. The maximum Gasteiger partial charge on any atom is 0.308 e. The van der Waals surface area contributed by atoms with Gasteiger partial charge in [0.1, 0.15) is 0 Å². The summed E-state index contributed by atoms with van der Waals surface area (Å²) in [7, 11) is 0. The Morgan fingerprint density at radius 2 is 0.940 bits per heavy atom. The van der Waals surface area contributed by atoms with Crippen molar-refractivity contribution in [1.29, 1.82) is 0 Å². The predicted octanol–water partition coefficient (Wildman–Crippen LogP) is 8.90. The van der Waals surface area contributed by atoms with Gasteiger partial charge in [0.15, 0.2) is 13.5 Å². The molecule has 0 saturated carbocycles. The molecule has 2 fully saturated rings. The van der Waals surface area contributed by atoms with Gasteiger partial charge in [0, 0.05) is 36.8 Å². The summed E-state index contributed by atoms with van der Waals surface area (Å²) >= 11 is 0. The van der Waals surface area contributed by atoms with E-state index in [2.05, 4.69) is 13.2 Å². The number of esters is 2. The van der Waals surface area contributed by atoms with Crippen LogP contribution >= 0.6 is 0 Å². The van der Waals surface area contributed by atoms with Crippen molar-refractivity contribution in [2.75, 3.05) is 26.6 Å². The molecule has 0 radical (unpaired) electrons. The molecule has 0 spiro atoms. The zero-order valence-corrected chi connectivity index (χ0v) is 32.0. The Morgan fingerprint density at radius 3 is 1.30 bits per heavy atom. The molecule has 0 aliphatic carbocycles. The summed E-state index contributed by atoms with van der Waals surface area (Å²) in [6.45, 7) is 24.6. The van der Waals surface area contributed by atoms with Gasteiger partial charge in [-0.05, 0) is 58.1 Å². The molecule has 0 N–H and O–H groups in total.